The summed E-state index contributed by atoms with van der Waals surface area (Å²) in [5, 5.41) is 13.2. The summed E-state index contributed by atoms with van der Waals surface area (Å²) in [5.41, 5.74) is 2.16. The van der Waals surface area contributed by atoms with Gasteiger partial charge in [0.05, 0.1) is 6.20 Å². The van der Waals surface area contributed by atoms with Gasteiger partial charge in [0, 0.05) is 12.6 Å². The molecule has 4 nitrogen and oxygen atoms in total. The molecule has 1 heterocycles. The molecule has 0 atom stereocenters. The van der Waals surface area contributed by atoms with Gasteiger partial charge >= 0.3 is 0 Å². The van der Waals surface area contributed by atoms with Crippen LogP contribution in [-0.2, 0) is 7.05 Å². The Hall–Kier alpha value is -2.10. The largest absolute Gasteiger partial charge is 0.508 e. The summed E-state index contributed by atoms with van der Waals surface area (Å²) in [4.78, 5) is 10.8. The molecule has 0 amide bonds. The van der Waals surface area contributed by atoms with Crippen molar-refractivity contribution in [2.75, 3.05) is 0 Å². The van der Waals surface area contributed by atoms with Crippen LogP contribution in [0.1, 0.15) is 10.5 Å². The van der Waals surface area contributed by atoms with Gasteiger partial charge in [-0.25, -0.2) is 0 Å². The molecule has 0 aliphatic rings. The van der Waals surface area contributed by atoms with Gasteiger partial charge in [0.25, 0.3) is 0 Å². The molecule has 0 aliphatic carbocycles. The summed E-state index contributed by atoms with van der Waals surface area (Å²) >= 11 is 0. The van der Waals surface area contributed by atoms with Crippen LogP contribution in [0.5, 0.6) is 5.75 Å². The number of aromatic nitrogens is 2. The zero-order chi connectivity index (χ0) is 10.8. The molecule has 1 N–H and O–H groups in total. The molecule has 0 spiro atoms. The molecule has 0 saturated heterocycles. The first kappa shape index (κ1) is 9.45. The van der Waals surface area contributed by atoms with Crippen LogP contribution in [0.15, 0.2) is 30.5 Å². The molecule has 0 saturated carbocycles. The van der Waals surface area contributed by atoms with E-state index in [0.717, 1.165) is 17.4 Å². The van der Waals surface area contributed by atoms with E-state index in [-0.39, 0.29) is 5.75 Å². The smallest absolute Gasteiger partial charge is 0.168 e. The minimum Gasteiger partial charge on any atom is -0.508 e. The molecular formula is C11H10N2O2. The Kier molecular flexibility index (Phi) is 2.25. The van der Waals surface area contributed by atoms with Gasteiger partial charge in [-0.1, -0.05) is 12.1 Å². The van der Waals surface area contributed by atoms with Crippen molar-refractivity contribution in [2.24, 2.45) is 7.05 Å². The van der Waals surface area contributed by atoms with Crippen molar-refractivity contribution in [3.05, 3.63) is 36.2 Å². The number of carbonyl (C=O) groups is 1. The molecule has 0 aliphatic heterocycles. The van der Waals surface area contributed by atoms with Crippen LogP contribution >= 0.6 is 0 Å². The van der Waals surface area contributed by atoms with Crippen molar-refractivity contribution >= 4 is 6.29 Å². The Bertz CT molecular complexity index is 486. The number of aldehydes is 1. The van der Waals surface area contributed by atoms with Crippen LogP contribution in [0, 0.1) is 0 Å². The Morgan fingerprint density at radius 3 is 2.60 bits per heavy atom. The second kappa shape index (κ2) is 3.57. The number of hydrogen-bond acceptors (Lipinski definition) is 3. The fraction of sp³-hybridized carbons (Fsp3) is 0.0909. The molecule has 2 rings (SSSR count). The lowest BCUT2D eigenvalue weighted by Gasteiger charge is -1.99. The minimum absolute atomic E-state index is 0.204. The van der Waals surface area contributed by atoms with Crippen molar-refractivity contribution in [2.45, 2.75) is 0 Å². The van der Waals surface area contributed by atoms with Crippen LogP contribution in [0.25, 0.3) is 11.1 Å². The number of hydrogen-bond donors (Lipinski definition) is 1. The van der Waals surface area contributed by atoms with E-state index in [1.54, 1.807) is 37.5 Å². The lowest BCUT2D eigenvalue weighted by atomic mass is 10.1. The lowest BCUT2D eigenvalue weighted by Crippen LogP contribution is -1.96. The number of aromatic hydroxyl groups is 1. The van der Waals surface area contributed by atoms with Gasteiger partial charge in [-0.15, -0.1) is 0 Å². The number of carbonyl (C=O) groups excluding carboxylic acids is 1. The van der Waals surface area contributed by atoms with E-state index >= 15 is 0 Å². The number of benzene rings is 1. The maximum absolute atomic E-state index is 10.8. The van der Waals surface area contributed by atoms with E-state index < -0.39 is 0 Å². The van der Waals surface area contributed by atoms with Crippen molar-refractivity contribution in [3.63, 3.8) is 0 Å². The van der Waals surface area contributed by atoms with Gasteiger partial charge in [0.2, 0.25) is 0 Å². The molecule has 76 valence electrons. The summed E-state index contributed by atoms with van der Waals surface area (Å²) in [6, 6.07) is 6.66. The van der Waals surface area contributed by atoms with Crippen LogP contribution in [0.4, 0.5) is 0 Å². The van der Waals surface area contributed by atoms with Crippen molar-refractivity contribution < 1.29 is 9.90 Å². The van der Waals surface area contributed by atoms with E-state index in [9.17, 15) is 4.79 Å². The van der Waals surface area contributed by atoms with Crippen LogP contribution in [-0.4, -0.2) is 21.2 Å². The van der Waals surface area contributed by atoms with Gasteiger partial charge in [-0.05, 0) is 17.7 Å². The normalized spacial score (nSPS) is 10.2. The number of phenolic OH excluding ortho intramolecular Hbond substituents is 1. The van der Waals surface area contributed by atoms with E-state index in [0.29, 0.717) is 5.69 Å². The fourth-order valence-electron chi connectivity index (χ4n) is 1.45. The van der Waals surface area contributed by atoms with Gasteiger partial charge in [0.1, 0.15) is 11.4 Å². The van der Waals surface area contributed by atoms with E-state index in [2.05, 4.69) is 5.10 Å². The topological polar surface area (TPSA) is 55.1 Å². The predicted octanol–water partition coefficient (Wildman–Crippen LogP) is 1.61. The number of phenols is 1. The molecule has 15 heavy (non-hydrogen) atoms. The standard InChI is InChI=1S/C11H10N2O2/c1-13-11(7-14)10(6-12-13)8-2-4-9(15)5-3-8/h2-7,15H,1H3. The zero-order valence-electron chi connectivity index (χ0n) is 8.21. The zero-order valence-corrected chi connectivity index (χ0v) is 8.21. The Labute approximate surface area is 86.8 Å². The van der Waals surface area contributed by atoms with Crippen molar-refractivity contribution in [3.8, 4) is 16.9 Å². The minimum atomic E-state index is 0.204. The molecule has 2 aromatic rings. The summed E-state index contributed by atoms with van der Waals surface area (Å²) in [6.07, 6.45) is 2.41. The van der Waals surface area contributed by atoms with E-state index in [4.69, 9.17) is 5.11 Å². The molecule has 0 fully saturated rings. The predicted molar refractivity (Wildman–Crippen MR) is 55.7 cm³/mol. The Morgan fingerprint density at radius 2 is 2.00 bits per heavy atom. The van der Waals surface area contributed by atoms with E-state index in [1.807, 2.05) is 0 Å². The number of nitrogens with zero attached hydrogens (tertiary/aromatic N) is 2. The van der Waals surface area contributed by atoms with Gasteiger partial charge < -0.3 is 5.11 Å². The third kappa shape index (κ3) is 1.61. The van der Waals surface area contributed by atoms with Gasteiger partial charge in [-0.3, -0.25) is 9.48 Å². The average Bonchev–Trinajstić information content (AvgIpc) is 2.61. The molecule has 4 heteroatoms. The lowest BCUT2D eigenvalue weighted by molar-refractivity contribution is 0.111. The second-order valence-corrected chi connectivity index (χ2v) is 3.23. The molecule has 0 radical (unpaired) electrons. The highest BCUT2D eigenvalue weighted by atomic mass is 16.3. The molecule has 0 unspecified atom stereocenters. The second-order valence-electron chi connectivity index (χ2n) is 3.23. The SMILES string of the molecule is Cn1ncc(-c2ccc(O)cc2)c1C=O. The monoisotopic (exact) mass is 202 g/mol. The first-order valence-corrected chi connectivity index (χ1v) is 4.49. The quantitative estimate of drug-likeness (QED) is 0.752. The van der Waals surface area contributed by atoms with Crippen molar-refractivity contribution in [1.29, 1.82) is 0 Å². The number of aryl methyl sites for hydroxylation is 1. The van der Waals surface area contributed by atoms with Crippen molar-refractivity contribution in [1.82, 2.24) is 9.78 Å². The highest BCUT2D eigenvalue weighted by Gasteiger charge is 2.08. The van der Waals surface area contributed by atoms with Crippen LogP contribution in [0.3, 0.4) is 0 Å². The average molecular weight is 202 g/mol. The summed E-state index contributed by atoms with van der Waals surface area (Å²) in [7, 11) is 1.72. The first-order valence-electron chi connectivity index (χ1n) is 4.49. The summed E-state index contributed by atoms with van der Waals surface area (Å²) in [5.74, 6) is 0.204. The van der Waals surface area contributed by atoms with Gasteiger partial charge in [0.15, 0.2) is 6.29 Å². The molecule has 1 aromatic carbocycles. The number of rotatable bonds is 2. The fourth-order valence-corrected chi connectivity index (χ4v) is 1.45. The summed E-state index contributed by atoms with van der Waals surface area (Å²) in [6.45, 7) is 0. The highest BCUT2D eigenvalue weighted by Crippen LogP contribution is 2.23. The molecule has 0 bridgehead atoms. The third-order valence-electron chi connectivity index (χ3n) is 2.27. The van der Waals surface area contributed by atoms with Gasteiger partial charge in [-0.2, -0.15) is 5.10 Å². The van der Waals surface area contributed by atoms with Crippen LogP contribution in [0.2, 0.25) is 0 Å². The Morgan fingerprint density at radius 1 is 1.33 bits per heavy atom. The maximum Gasteiger partial charge on any atom is 0.168 e. The molecular weight excluding hydrogens is 192 g/mol. The third-order valence-corrected chi connectivity index (χ3v) is 2.27. The summed E-state index contributed by atoms with van der Waals surface area (Å²) < 4.78 is 1.52. The van der Waals surface area contributed by atoms with Crippen LogP contribution < -0.4 is 0 Å². The maximum atomic E-state index is 10.8. The van der Waals surface area contributed by atoms with E-state index in [1.165, 1.54) is 4.68 Å². The first-order chi connectivity index (χ1) is 7.22. The molecule has 1 aromatic heterocycles. The Balaban J connectivity index is 2.53. The highest BCUT2D eigenvalue weighted by molar-refractivity contribution is 5.85.